The number of rotatable bonds is 1. The number of methoxy groups -OCH3 is 1. The normalized spacial score (nSPS) is 16.8. The Morgan fingerprint density at radius 1 is 1.38 bits per heavy atom. The third-order valence-electron chi connectivity index (χ3n) is 3.03. The summed E-state index contributed by atoms with van der Waals surface area (Å²) in [7, 11) is 3.75. The highest BCUT2D eigenvalue weighted by atomic mass is 16.7. The largest absolute Gasteiger partial charge is 0.492 e. The number of hydrogen-bond acceptors (Lipinski definition) is 3. The highest BCUT2D eigenvalue weighted by Crippen LogP contribution is 2.45. The first-order valence-corrected chi connectivity index (χ1v) is 5.34. The molecular weight excluding hydrogens is 206 g/mol. The molecule has 4 heteroatoms. The van der Waals surface area contributed by atoms with Crippen LogP contribution in [0.1, 0.15) is 11.1 Å². The predicted molar refractivity (Wildman–Crippen MR) is 59.0 cm³/mol. The van der Waals surface area contributed by atoms with Gasteiger partial charge in [-0.05, 0) is 6.07 Å². The van der Waals surface area contributed by atoms with Gasteiger partial charge in [-0.3, -0.25) is 0 Å². The minimum atomic E-state index is 0.282. The zero-order valence-corrected chi connectivity index (χ0v) is 9.45. The third-order valence-corrected chi connectivity index (χ3v) is 3.03. The van der Waals surface area contributed by atoms with Crippen molar-refractivity contribution in [2.45, 2.75) is 6.42 Å². The molecule has 1 aromatic rings. The molecule has 0 saturated carbocycles. The summed E-state index contributed by atoms with van der Waals surface area (Å²) in [5.74, 6) is 2.36. The van der Waals surface area contributed by atoms with Gasteiger partial charge in [0.05, 0.1) is 7.11 Å². The molecule has 84 valence electrons. The van der Waals surface area contributed by atoms with Crippen molar-refractivity contribution in [1.29, 1.82) is 0 Å². The molecule has 0 aromatic heterocycles. The number of nitrogens with zero attached hydrogens (tertiary/aromatic N) is 1. The molecule has 0 unspecified atom stereocenters. The molecule has 1 aromatic carbocycles. The Bertz CT molecular complexity index is 480. The Kier molecular flexibility index (Phi) is 2.02. The Morgan fingerprint density at radius 2 is 2.25 bits per heavy atom. The van der Waals surface area contributed by atoms with E-state index in [1.54, 1.807) is 7.11 Å². The van der Waals surface area contributed by atoms with Crippen LogP contribution in [0.4, 0.5) is 0 Å². The Balaban J connectivity index is 2.23. The van der Waals surface area contributed by atoms with E-state index >= 15 is 0 Å². The van der Waals surface area contributed by atoms with Crippen LogP contribution in [0.25, 0.3) is 0 Å². The Labute approximate surface area is 94.1 Å². The van der Waals surface area contributed by atoms with Gasteiger partial charge in [0.15, 0.2) is 17.7 Å². The lowest BCUT2D eigenvalue weighted by atomic mass is 10.00. The first-order valence-electron chi connectivity index (χ1n) is 5.34. The van der Waals surface area contributed by atoms with E-state index in [-0.39, 0.29) is 6.79 Å². The van der Waals surface area contributed by atoms with Crippen LogP contribution in [0.3, 0.4) is 0 Å². The molecule has 0 atom stereocenters. The summed E-state index contributed by atoms with van der Waals surface area (Å²) in [6.07, 6.45) is 3.09. The van der Waals surface area contributed by atoms with Crippen molar-refractivity contribution in [3.8, 4) is 17.2 Å². The van der Waals surface area contributed by atoms with E-state index in [9.17, 15) is 0 Å². The van der Waals surface area contributed by atoms with E-state index < -0.39 is 0 Å². The van der Waals surface area contributed by atoms with Gasteiger partial charge in [-0.1, -0.05) is 0 Å². The molecule has 0 aliphatic carbocycles. The van der Waals surface area contributed by atoms with E-state index in [0.29, 0.717) is 0 Å². The van der Waals surface area contributed by atoms with E-state index in [2.05, 4.69) is 17.8 Å². The minimum absolute atomic E-state index is 0.282. The molecule has 0 saturated heterocycles. The van der Waals surface area contributed by atoms with E-state index in [0.717, 1.165) is 35.8 Å². The summed E-state index contributed by atoms with van der Waals surface area (Å²) in [5.41, 5.74) is 2.37. The number of ether oxygens (including phenoxy) is 3. The molecular formula is C12H14NO3+. The standard InChI is InChI=1S/C12H14NO3/c1-13-4-3-9-8(6-13)5-10-12(11(9)14-2)16-7-15-10/h5-6H,3-4,7H2,1-2H3/q+1. The number of fused-ring (bicyclic) bond motifs is 2. The molecule has 3 rings (SSSR count). The van der Waals surface area contributed by atoms with Crippen LogP contribution in [0.2, 0.25) is 0 Å². The maximum absolute atomic E-state index is 5.45. The minimum Gasteiger partial charge on any atom is -0.492 e. The van der Waals surface area contributed by atoms with Crippen molar-refractivity contribution in [1.82, 2.24) is 0 Å². The van der Waals surface area contributed by atoms with Crippen molar-refractivity contribution >= 4 is 6.21 Å². The van der Waals surface area contributed by atoms with Crippen LogP contribution >= 0.6 is 0 Å². The van der Waals surface area contributed by atoms with Crippen LogP contribution in [-0.2, 0) is 6.42 Å². The smallest absolute Gasteiger partial charge is 0.231 e. The fraction of sp³-hybridized carbons (Fsp3) is 0.417. The summed E-state index contributed by atoms with van der Waals surface area (Å²) < 4.78 is 18.5. The van der Waals surface area contributed by atoms with Gasteiger partial charge in [-0.2, -0.15) is 0 Å². The van der Waals surface area contributed by atoms with Gasteiger partial charge in [0.25, 0.3) is 0 Å². The van der Waals surface area contributed by atoms with E-state index in [1.165, 1.54) is 5.56 Å². The molecule has 0 amide bonds. The van der Waals surface area contributed by atoms with Crippen molar-refractivity contribution in [2.24, 2.45) is 0 Å². The Morgan fingerprint density at radius 3 is 3.06 bits per heavy atom. The van der Waals surface area contributed by atoms with Crippen LogP contribution in [-0.4, -0.2) is 38.3 Å². The van der Waals surface area contributed by atoms with Gasteiger partial charge in [0.2, 0.25) is 12.5 Å². The van der Waals surface area contributed by atoms with E-state index in [1.807, 2.05) is 6.07 Å². The van der Waals surface area contributed by atoms with Gasteiger partial charge in [-0.25, -0.2) is 4.58 Å². The number of benzene rings is 1. The molecule has 2 aliphatic rings. The van der Waals surface area contributed by atoms with Crippen molar-refractivity contribution in [3.05, 3.63) is 17.2 Å². The van der Waals surface area contributed by atoms with Gasteiger partial charge in [0, 0.05) is 17.5 Å². The van der Waals surface area contributed by atoms with Gasteiger partial charge in [0.1, 0.15) is 13.6 Å². The van der Waals surface area contributed by atoms with Crippen molar-refractivity contribution in [2.75, 3.05) is 27.5 Å². The second-order valence-electron chi connectivity index (χ2n) is 4.07. The summed E-state index contributed by atoms with van der Waals surface area (Å²) in [5, 5.41) is 0. The fourth-order valence-corrected chi connectivity index (χ4v) is 2.25. The summed E-state index contributed by atoms with van der Waals surface area (Å²) in [4.78, 5) is 0. The lowest BCUT2D eigenvalue weighted by Crippen LogP contribution is -2.19. The molecule has 16 heavy (non-hydrogen) atoms. The van der Waals surface area contributed by atoms with Crippen LogP contribution in [0, 0.1) is 0 Å². The van der Waals surface area contributed by atoms with Crippen LogP contribution in [0.5, 0.6) is 17.2 Å². The lowest BCUT2D eigenvalue weighted by Gasteiger charge is -2.15. The second kappa shape index (κ2) is 3.40. The monoisotopic (exact) mass is 220 g/mol. The average Bonchev–Trinajstić information content (AvgIpc) is 2.73. The van der Waals surface area contributed by atoms with Crippen molar-refractivity contribution < 1.29 is 18.8 Å². The SMILES string of the molecule is COc1c2c(cc3c1OCO3)C=[N+](C)CC2. The molecule has 0 spiro atoms. The molecule has 0 N–H and O–H groups in total. The zero-order chi connectivity index (χ0) is 11.1. The second-order valence-corrected chi connectivity index (χ2v) is 4.07. The van der Waals surface area contributed by atoms with Gasteiger partial charge in [-0.15, -0.1) is 0 Å². The molecule has 0 bridgehead atoms. The zero-order valence-electron chi connectivity index (χ0n) is 9.45. The molecule has 0 radical (unpaired) electrons. The highest BCUT2D eigenvalue weighted by Gasteiger charge is 2.27. The van der Waals surface area contributed by atoms with Crippen LogP contribution in [0.15, 0.2) is 6.07 Å². The number of hydrogen-bond donors (Lipinski definition) is 0. The number of likely N-dealkylation sites (N-methyl/N-ethyl adjacent to an activating group) is 1. The maximum atomic E-state index is 5.45. The maximum Gasteiger partial charge on any atom is 0.231 e. The van der Waals surface area contributed by atoms with Gasteiger partial charge < -0.3 is 14.2 Å². The third kappa shape index (κ3) is 1.26. The highest BCUT2D eigenvalue weighted by molar-refractivity contribution is 5.83. The molecule has 2 heterocycles. The topological polar surface area (TPSA) is 30.7 Å². The molecule has 2 aliphatic heterocycles. The molecule has 4 nitrogen and oxygen atoms in total. The summed E-state index contributed by atoms with van der Waals surface area (Å²) in [6.45, 7) is 1.29. The van der Waals surface area contributed by atoms with Crippen molar-refractivity contribution in [3.63, 3.8) is 0 Å². The van der Waals surface area contributed by atoms with Gasteiger partial charge >= 0.3 is 0 Å². The lowest BCUT2D eigenvalue weighted by molar-refractivity contribution is -0.493. The predicted octanol–water partition coefficient (Wildman–Crippen LogP) is 1.04. The summed E-state index contributed by atoms with van der Waals surface area (Å²) >= 11 is 0. The first kappa shape index (κ1) is 9.51. The quantitative estimate of drug-likeness (QED) is 0.663. The fourth-order valence-electron chi connectivity index (χ4n) is 2.25. The Hall–Kier alpha value is -1.71. The van der Waals surface area contributed by atoms with E-state index in [4.69, 9.17) is 14.2 Å². The summed E-state index contributed by atoms with van der Waals surface area (Å²) in [6, 6.07) is 2.02. The first-order chi connectivity index (χ1) is 7.79. The van der Waals surface area contributed by atoms with Crippen LogP contribution < -0.4 is 14.2 Å². The average molecular weight is 220 g/mol. The molecule has 0 fully saturated rings.